The molecule has 3 heterocycles. The summed E-state index contributed by atoms with van der Waals surface area (Å²) in [4.78, 5) is 26.9. The van der Waals surface area contributed by atoms with Gasteiger partial charge in [0, 0.05) is 30.8 Å². The minimum absolute atomic E-state index is 0.0827. The Morgan fingerprint density at radius 3 is 2.93 bits per heavy atom. The van der Waals surface area contributed by atoms with E-state index < -0.39 is 0 Å². The molecule has 1 unspecified atom stereocenters. The summed E-state index contributed by atoms with van der Waals surface area (Å²) in [5, 5.41) is 18.0. The lowest BCUT2D eigenvalue weighted by molar-refractivity contribution is 0.0909. The number of likely N-dealkylation sites (tertiary alicyclic amines) is 1. The van der Waals surface area contributed by atoms with Gasteiger partial charge in [-0.3, -0.25) is 14.5 Å². The van der Waals surface area contributed by atoms with Crippen LogP contribution in [0.25, 0.3) is 11.0 Å². The van der Waals surface area contributed by atoms with Crippen molar-refractivity contribution in [2.45, 2.75) is 38.8 Å². The molecule has 9 heteroatoms. The molecule has 4 rings (SSSR count). The number of nitrogens with one attached hydrogen (secondary N) is 2. The molecule has 0 radical (unpaired) electrons. The summed E-state index contributed by atoms with van der Waals surface area (Å²) in [5.41, 5.74) is 2.73. The highest BCUT2D eigenvalue weighted by atomic mass is 16.1. The van der Waals surface area contributed by atoms with E-state index in [1.165, 1.54) is 4.68 Å². The molecule has 1 aliphatic heterocycles. The Hall–Kier alpha value is -3.07. The van der Waals surface area contributed by atoms with Crippen LogP contribution in [-0.4, -0.2) is 61.7 Å². The van der Waals surface area contributed by atoms with Crippen LogP contribution in [-0.2, 0) is 6.54 Å². The van der Waals surface area contributed by atoms with Gasteiger partial charge in [-0.2, -0.15) is 20.5 Å². The molecule has 0 spiro atoms. The number of benzene rings is 1. The fourth-order valence-corrected chi connectivity index (χ4v) is 3.81. The van der Waals surface area contributed by atoms with Crippen LogP contribution >= 0.6 is 0 Å². The third-order valence-corrected chi connectivity index (χ3v) is 5.42. The van der Waals surface area contributed by atoms with Crippen molar-refractivity contribution in [3.8, 4) is 0 Å². The number of hydrogen-bond acceptors (Lipinski definition) is 6. The summed E-state index contributed by atoms with van der Waals surface area (Å²) in [5.74, 6) is -0.114. The SMILES string of the molecule is Cc1ccc(=O)n(CCN2CCCCC2CNC(=O)c2ccc3n[nH]nc3c2)n1. The number of hydrogen-bond donors (Lipinski definition) is 2. The van der Waals surface area contributed by atoms with Crippen LogP contribution in [0.3, 0.4) is 0 Å². The standard InChI is InChI=1S/C20H25N7O2/c1-14-5-8-19(28)27(24-14)11-10-26-9-3-2-4-16(26)13-21-20(29)15-6-7-17-18(12-15)23-25-22-17/h5-8,12,16H,2-4,9-11,13H2,1H3,(H,21,29)(H,22,23,25). The zero-order valence-corrected chi connectivity index (χ0v) is 16.5. The summed E-state index contributed by atoms with van der Waals surface area (Å²) < 4.78 is 1.52. The first-order valence-corrected chi connectivity index (χ1v) is 9.98. The number of nitrogens with zero attached hydrogens (tertiary/aromatic N) is 5. The van der Waals surface area contributed by atoms with Gasteiger partial charge < -0.3 is 5.32 Å². The second-order valence-corrected chi connectivity index (χ2v) is 7.46. The lowest BCUT2D eigenvalue weighted by atomic mass is 10.0. The van der Waals surface area contributed by atoms with Gasteiger partial charge in [0.15, 0.2) is 0 Å². The third-order valence-electron chi connectivity index (χ3n) is 5.42. The van der Waals surface area contributed by atoms with E-state index in [1.54, 1.807) is 30.3 Å². The normalized spacial score (nSPS) is 17.5. The van der Waals surface area contributed by atoms with Crippen molar-refractivity contribution in [2.24, 2.45) is 0 Å². The Morgan fingerprint density at radius 2 is 2.03 bits per heavy atom. The molecule has 1 aromatic carbocycles. The number of carbonyl (C=O) groups excluding carboxylic acids is 1. The zero-order chi connectivity index (χ0) is 20.2. The summed E-state index contributed by atoms with van der Waals surface area (Å²) in [6.07, 6.45) is 3.30. The van der Waals surface area contributed by atoms with Crippen molar-refractivity contribution in [2.75, 3.05) is 19.6 Å². The number of rotatable bonds is 6. The van der Waals surface area contributed by atoms with Gasteiger partial charge in [-0.1, -0.05) is 6.42 Å². The van der Waals surface area contributed by atoms with Crippen LogP contribution in [0.1, 0.15) is 35.3 Å². The number of fused-ring (bicyclic) bond motifs is 1. The molecule has 0 aliphatic carbocycles. The van der Waals surface area contributed by atoms with E-state index in [4.69, 9.17) is 0 Å². The highest BCUT2D eigenvalue weighted by Crippen LogP contribution is 2.17. The average Bonchev–Trinajstić information content (AvgIpc) is 3.21. The molecule has 3 aromatic rings. The minimum Gasteiger partial charge on any atom is -0.350 e. The van der Waals surface area contributed by atoms with Gasteiger partial charge in [0.1, 0.15) is 11.0 Å². The second kappa shape index (κ2) is 8.52. The lowest BCUT2D eigenvalue weighted by Gasteiger charge is -2.35. The summed E-state index contributed by atoms with van der Waals surface area (Å²) in [6, 6.07) is 8.82. The molecule has 0 saturated carbocycles. The Morgan fingerprint density at radius 1 is 1.17 bits per heavy atom. The molecule has 1 aliphatic rings. The molecule has 2 N–H and O–H groups in total. The maximum Gasteiger partial charge on any atom is 0.266 e. The highest BCUT2D eigenvalue weighted by molar-refractivity contribution is 5.97. The topological polar surface area (TPSA) is 109 Å². The van der Waals surface area contributed by atoms with Crippen molar-refractivity contribution in [3.63, 3.8) is 0 Å². The molecule has 2 aromatic heterocycles. The van der Waals surface area contributed by atoms with Gasteiger partial charge >= 0.3 is 0 Å². The van der Waals surface area contributed by atoms with Gasteiger partial charge in [-0.15, -0.1) is 0 Å². The molecular weight excluding hydrogens is 370 g/mol. The van der Waals surface area contributed by atoms with Gasteiger partial charge in [-0.05, 0) is 50.6 Å². The number of aromatic amines is 1. The number of carbonyl (C=O) groups is 1. The minimum atomic E-state index is -0.114. The first-order valence-electron chi connectivity index (χ1n) is 9.98. The van der Waals surface area contributed by atoms with E-state index in [-0.39, 0.29) is 17.5 Å². The Labute approximate surface area is 168 Å². The molecule has 29 heavy (non-hydrogen) atoms. The van der Waals surface area contributed by atoms with Crippen molar-refractivity contribution in [1.29, 1.82) is 0 Å². The number of amides is 1. The summed E-state index contributed by atoms with van der Waals surface area (Å²) in [7, 11) is 0. The molecule has 1 atom stereocenters. The number of H-pyrrole nitrogens is 1. The van der Waals surface area contributed by atoms with Crippen LogP contribution in [0.15, 0.2) is 35.1 Å². The van der Waals surface area contributed by atoms with Crippen LogP contribution in [0.5, 0.6) is 0 Å². The zero-order valence-electron chi connectivity index (χ0n) is 16.5. The molecule has 9 nitrogen and oxygen atoms in total. The first kappa shape index (κ1) is 19.3. The van der Waals surface area contributed by atoms with Crippen LogP contribution in [0, 0.1) is 6.92 Å². The summed E-state index contributed by atoms with van der Waals surface area (Å²) in [6.45, 7) is 4.71. The van der Waals surface area contributed by atoms with E-state index in [0.717, 1.165) is 43.6 Å². The largest absolute Gasteiger partial charge is 0.350 e. The Balaban J connectivity index is 1.36. The number of aryl methyl sites for hydroxylation is 1. The van der Waals surface area contributed by atoms with Crippen molar-refractivity contribution < 1.29 is 4.79 Å². The van der Waals surface area contributed by atoms with Gasteiger partial charge in [-0.25, -0.2) is 4.68 Å². The van der Waals surface area contributed by atoms with E-state index in [0.29, 0.717) is 24.2 Å². The Bertz CT molecular complexity index is 1060. The molecule has 1 fully saturated rings. The average molecular weight is 395 g/mol. The molecule has 152 valence electrons. The molecule has 0 bridgehead atoms. The second-order valence-electron chi connectivity index (χ2n) is 7.46. The van der Waals surface area contributed by atoms with Crippen molar-refractivity contribution in [3.05, 3.63) is 51.9 Å². The fourth-order valence-electron chi connectivity index (χ4n) is 3.81. The maximum atomic E-state index is 12.6. The van der Waals surface area contributed by atoms with E-state index in [2.05, 4.69) is 30.7 Å². The quantitative estimate of drug-likeness (QED) is 0.647. The first-order chi connectivity index (χ1) is 14.1. The van der Waals surface area contributed by atoms with Crippen molar-refractivity contribution in [1.82, 2.24) is 35.4 Å². The predicted octanol–water partition coefficient (Wildman–Crippen LogP) is 1.11. The number of aromatic nitrogens is 5. The predicted molar refractivity (Wildman–Crippen MR) is 109 cm³/mol. The van der Waals surface area contributed by atoms with Gasteiger partial charge in [0.25, 0.3) is 11.5 Å². The van der Waals surface area contributed by atoms with E-state index >= 15 is 0 Å². The van der Waals surface area contributed by atoms with Gasteiger partial charge in [0.2, 0.25) is 0 Å². The van der Waals surface area contributed by atoms with E-state index in [1.807, 2.05) is 6.92 Å². The molecule has 1 amide bonds. The maximum absolute atomic E-state index is 12.6. The monoisotopic (exact) mass is 395 g/mol. The fraction of sp³-hybridized carbons (Fsp3) is 0.450. The van der Waals surface area contributed by atoms with Crippen LogP contribution < -0.4 is 10.9 Å². The molecule has 1 saturated heterocycles. The van der Waals surface area contributed by atoms with Crippen LogP contribution in [0.2, 0.25) is 0 Å². The van der Waals surface area contributed by atoms with E-state index in [9.17, 15) is 9.59 Å². The lowest BCUT2D eigenvalue weighted by Crippen LogP contribution is -2.48. The van der Waals surface area contributed by atoms with Crippen molar-refractivity contribution >= 4 is 16.9 Å². The highest BCUT2D eigenvalue weighted by Gasteiger charge is 2.23. The number of piperidine rings is 1. The summed E-state index contributed by atoms with van der Waals surface area (Å²) >= 11 is 0. The third kappa shape index (κ3) is 4.51. The Kier molecular flexibility index (Phi) is 5.66. The smallest absolute Gasteiger partial charge is 0.266 e. The van der Waals surface area contributed by atoms with Crippen LogP contribution in [0.4, 0.5) is 0 Å². The van der Waals surface area contributed by atoms with Gasteiger partial charge in [0.05, 0.1) is 12.2 Å². The molecular formula is C20H25N7O2.